The van der Waals surface area contributed by atoms with Crippen molar-refractivity contribution in [1.29, 1.82) is 0 Å². The minimum absolute atomic E-state index is 0.127. The van der Waals surface area contributed by atoms with E-state index in [2.05, 4.69) is 5.32 Å². The number of nitrogens with two attached hydrogens (primary N) is 1. The Morgan fingerprint density at radius 1 is 1.00 bits per heavy atom. The number of carbonyl (C=O) groups is 3. The number of imide groups is 1. The van der Waals surface area contributed by atoms with Crippen molar-refractivity contribution < 1.29 is 31.9 Å². The summed E-state index contributed by atoms with van der Waals surface area (Å²) in [5.74, 6) is -3.30. The second-order valence-corrected chi connectivity index (χ2v) is 13.7. The van der Waals surface area contributed by atoms with Crippen molar-refractivity contribution in [2.45, 2.75) is 27.6 Å². The summed E-state index contributed by atoms with van der Waals surface area (Å²) in [6.07, 6.45) is 0. The molecule has 0 aliphatic carbocycles. The van der Waals surface area contributed by atoms with Gasteiger partial charge in [0.2, 0.25) is 27.7 Å². The Morgan fingerprint density at radius 3 is 2.34 bits per heavy atom. The van der Waals surface area contributed by atoms with Gasteiger partial charge in [-0.1, -0.05) is 41.3 Å². The minimum Gasteiger partial charge on any atom is -0.496 e. The molecule has 3 aromatic carbocycles. The molecule has 1 aromatic heterocycles. The number of hydrogen-bond acceptors (Lipinski definition) is 9. The number of nitrogens with one attached hydrogen (secondary N) is 1. The topological polar surface area (TPSA) is 158 Å². The quantitative estimate of drug-likeness (QED) is 0.288. The highest BCUT2D eigenvalue weighted by Crippen LogP contribution is 2.55. The maximum atomic E-state index is 14.0. The predicted octanol–water partition coefficient (Wildman–Crippen LogP) is 3.14. The van der Waals surface area contributed by atoms with Crippen molar-refractivity contribution in [2.75, 3.05) is 17.3 Å². The molecule has 0 saturated carbocycles. The van der Waals surface area contributed by atoms with Crippen LogP contribution in [0.5, 0.6) is 5.75 Å². The van der Waals surface area contributed by atoms with Crippen LogP contribution in [-0.2, 0) is 31.0 Å². The van der Waals surface area contributed by atoms with Crippen LogP contribution in [-0.4, -0.2) is 43.1 Å². The molecule has 11 nitrogen and oxygen atoms in total. The van der Waals surface area contributed by atoms with Crippen LogP contribution in [0.1, 0.15) is 16.4 Å². The Bertz CT molecular complexity index is 1970. The van der Waals surface area contributed by atoms with E-state index in [1.54, 1.807) is 24.3 Å². The highest BCUT2D eigenvalue weighted by Gasteiger charge is 2.57. The molecule has 1 saturated heterocycles. The van der Waals surface area contributed by atoms with Gasteiger partial charge in [0, 0.05) is 22.0 Å². The number of halogens is 1. The number of rotatable bonds is 7. The second-order valence-electron chi connectivity index (χ2n) is 10.0. The van der Waals surface area contributed by atoms with E-state index in [1.807, 2.05) is 0 Å². The van der Waals surface area contributed by atoms with Gasteiger partial charge in [0.05, 0.1) is 28.6 Å². The first kappa shape index (κ1) is 29.7. The molecule has 2 aliphatic heterocycles. The van der Waals surface area contributed by atoms with E-state index in [0.717, 1.165) is 40.1 Å². The van der Waals surface area contributed by atoms with Gasteiger partial charge >= 0.3 is 4.87 Å². The lowest BCUT2D eigenvalue weighted by atomic mass is 9.82. The van der Waals surface area contributed by atoms with Gasteiger partial charge in [-0.25, -0.2) is 22.8 Å². The number of aromatic nitrogens is 1. The van der Waals surface area contributed by atoms with Gasteiger partial charge in [-0.2, -0.15) is 0 Å². The number of fused-ring (bicyclic) bond motifs is 2. The summed E-state index contributed by atoms with van der Waals surface area (Å²) in [5, 5.41) is 7.19. The van der Waals surface area contributed by atoms with Gasteiger partial charge in [0.1, 0.15) is 23.4 Å². The molecule has 4 aromatic rings. The number of carbonyl (C=O) groups excluding carboxylic acids is 3. The van der Waals surface area contributed by atoms with Gasteiger partial charge < -0.3 is 10.1 Å². The standard InChI is InChI=1S/C29H23FN4O7S3/c1-41-20-5-3-2-4-19(20)22-23-24(27(37)34(26(23)36)17-10-6-15(30)7-11-17)42-28-25(22)43-29(38)33(28)14-21(35)32-16-8-12-18(13-9-16)44(31,39)40/h2-13,22-24H,14H2,1H3,(H,32,35)(H2,31,39,40)/t22-,23?,24?/m1/s1. The number of hydrogen-bond donors (Lipinski definition) is 2. The van der Waals surface area contributed by atoms with Crippen LogP contribution in [0.15, 0.2) is 87.5 Å². The Balaban J connectivity index is 1.39. The number of thioether (sulfide) groups is 1. The van der Waals surface area contributed by atoms with Crippen LogP contribution in [0.3, 0.4) is 0 Å². The van der Waals surface area contributed by atoms with Crippen LogP contribution in [0, 0.1) is 11.7 Å². The predicted molar refractivity (Wildman–Crippen MR) is 162 cm³/mol. The highest BCUT2D eigenvalue weighted by atomic mass is 32.2. The van der Waals surface area contributed by atoms with Crippen molar-refractivity contribution in [3.63, 3.8) is 0 Å². The fraction of sp³-hybridized carbons (Fsp3) is 0.172. The molecular formula is C29H23FN4O7S3. The lowest BCUT2D eigenvalue weighted by molar-refractivity contribution is -0.122. The van der Waals surface area contributed by atoms with Crippen molar-refractivity contribution in [1.82, 2.24) is 4.57 Å². The Kier molecular flexibility index (Phi) is 7.65. The molecule has 44 heavy (non-hydrogen) atoms. The van der Waals surface area contributed by atoms with Crippen LogP contribution < -0.4 is 25.0 Å². The SMILES string of the molecule is COc1ccccc1[C@H]1c2sc(=O)n(CC(=O)Nc3ccc(S(N)(=O)=O)cc3)c2SC2C(=O)N(c3ccc(F)cc3)C(=O)C21. The number of benzene rings is 3. The molecule has 3 heterocycles. The molecule has 0 radical (unpaired) electrons. The van der Waals surface area contributed by atoms with Crippen LogP contribution in [0.4, 0.5) is 15.8 Å². The number of anilines is 2. The summed E-state index contributed by atoms with van der Waals surface area (Å²) >= 11 is 1.92. The first-order valence-electron chi connectivity index (χ1n) is 13.1. The van der Waals surface area contributed by atoms with Crippen molar-refractivity contribution >= 4 is 62.2 Å². The number of ether oxygens (including phenoxy) is 1. The molecule has 2 unspecified atom stereocenters. The minimum atomic E-state index is -3.92. The van der Waals surface area contributed by atoms with Gasteiger partial charge in [-0.05, 0) is 54.6 Å². The van der Waals surface area contributed by atoms with Gasteiger partial charge in [0.25, 0.3) is 0 Å². The molecule has 15 heteroatoms. The normalized spacial score (nSPS) is 19.4. The van der Waals surface area contributed by atoms with E-state index >= 15 is 0 Å². The van der Waals surface area contributed by atoms with E-state index in [9.17, 15) is 32.0 Å². The molecule has 2 aliphatic rings. The molecular weight excluding hydrogens is 632 g/mol. The molecule has 226 valence electrons. The Labute approximate surface area is 258 Å². The lowest BCUT2D eigenvalue weighted by Crippen LogP contribution is -2.33. The summed E-state index contributed by atoms with van der Waals surface area (Å²) in [6.45, 7) is -0.408. The maximum Gasteiger partial charge on any atom is 0.308 e. The van der Waals surface area contributed by atoms with Gasteiger partial charge in [-0.3, -0.25) is 23.7 Å². The maximum absolute atomic E-state index is 14.0. The van der Waals surface area contributed by atoms with Crippen LogP contribution in [0.25, 0.3) is 0 Å². The molecule has 0 spiro atoms. The smallest absolute Gasteiger partial charge is 0.308 e. The van der Waals surface area contributed by atoms with E-state index in [4.69, 9.17) is 9.88 Å². The number of amides is 3. The third-order valence-electron chi connectivity index (χ3n) is 7.38. The van der Waals surface area contributed by atoms with E-state index in [1.165, 1.54) is 48.1 Å². The van der Waals surface area contributed by atoms with E-state index in [0.29, 0.717) is 21.2 Å². The number of nitrogens with zero attached hydrogens (tertiary/aromatic N) is 2. The monoisotopic (exact) mass is 654 g/mol. The molecule has 3 N–H and O–H groups in total. The Hall–Kier alpha value is -4.31. The summed E-state index contributed by atoms with van der Waals surface area (Å²) in [6, 6.07) is 17.3. The van der Waals surface area contributed by atoms with E-state index in [-0.39, 0.29) is 16.3 Å². The number of primary sulfonamides is 1. The lowest BCUT2D eigenvalue weighted by Gasteiger charge is -2.31. The number of methoxy groups -OCH3 is 1. The molecule has 0 bridgehead atoms. The average molecular weight is 655 g/mol. The zero-order valence-corrected chi connectivity index (χ0v) is 25.2. The van der Waals surface area contributed by atoms with E-state index < -0.39 is 62.1 Å². The van der Waals surface area contributed by atoms with Crippen molar-refractivity contribution in [3.8, 4) is 5.75 Å². The summed E-state index contributed by atoms with van der Waals surface area (Å²) in [7, 11) is -2.44. The zero-order valence-electron chi connectivity index (χ0n) is 22.8. The largest absolute Gasteiger partial charge is 0.496 e. The third kappa shape index (κ3) is 5.21. The average Bonchev–Trinajstić information content (AvgIpc) is 3.43. The van der Waals surface area contributed by atoms with Crippen LogP contribution >= 0.6 is 23.1 Å². The number of para-hydroxylation sites is 1. The summed E-state index contributed by atoms with van der Waals surface area (Å²) in [4.78, 5) is 55.1. The van der Waals surface area contributed by atoms with Gasteiger partial charge in [-0.15, -0.1) is 0 Å². The molecule has 1 fully saturated rings. The van der Waals surface area contributed by atoms with Crippen LogP contribution in [0.2, 0.25) is 0 Å². The third-order valence-corrected chi connectivity index (χ3v) is 10.9. The molecule has 3 amide bonds. The first-order chi connectivity index (χ1) is 21.0. The number of sulfonamides is 1. The second kappa shape index (κ2) is 11.3. The fourth-order valence-electron chi connectivity index (χ4n) is 5.43. The first-order valence-corrected chi connectivity index (χ1v) is 16.3. The summed E-state index contributed by atoms with van der Waals surface area (Å²) in [5.41, 5.74) is 1.11. The Morgan fingerprint density at radius 2 is 1.68 bits per heavy atom. The van der Waals surface area contributed by atoms with Crippen molar-refractivity contribution in [2.24, 2.45) is 11.1 Å². The number of thiazole rings is 1. The highest BCUT2D eigenvalue weighted by molar-refractivity contribution is 8.00. The summed E-state index contributed by atoms with van der Waals surface area (Å²) < 4.78 is 43.6. The zero-order chi connectivity index (χ0) is 31.3. The van der Waals surface area contributed by atoms with Gasteiger partial charge in [0.15, 0.2) is 0 Å². The molecule has 3 atom stereocenters. The van der Waals surface area contributed by atoms with Crippen molar-refractivity contribution in [3.05, 3.63) is 98.7 Å². The fourth-order valence-corrected chi connectivity index (χ4v) is 8.71. The molecule has 6 rings (SSSR count).